The highest BCUT2D eigenvalue weighted by Crippen LogP contribution is 2.36. The number of carbonyl (C=O) groups excluding carboxylic acids is 1. The molecule has 0 spiro atoms. The van der Waals surface area contributed by atoms with E-state index in [1.807, 2.05) is 0 Å². The first kappa shape index (κ1) is 9.84. The van der Waals surface area contributed by atoms with Crippen LogP contribution in [0.1, 0.15) is 36.3 Å². The van der Waals surface area contributed by atoms with Crippen molar-refractivity contribution in [2.24, 2.45) is 0 Å². The summed E-state index contributed by atoms with van der Waals surface area (Å²) in [4.78, 5) is 11.3. The summed E-state index contributed by atoms with van der Waals surface area (Å²) in [6.45, 7) is 11.1. The van der Waals surface area contributed by atoms with Crippen molar-refractivity contribution in [2.75, 3.05) is 6.61 Å². The van der Waals surface area contributed by atoms with Gasteiger partial charge in [0.1, 0.15) is 0 Å². The molecule has 0 bridgehead atoms. The third kappa shape index (κ3) is 3.31. The van der Waals surface area contributed by atoms with Crippen LogP contribution in [0.15, 0.2) is 0 Å². The number of carbonyl (C=O) groups is 1. The van der Waals surface area contributed by atoms with Crippen molar-refractivity contribution in [2.45, 2.75) is 57.7 Å². The highest BCUT2D eigenvalue weighted by molar-refractivity contribution is 6.74. The van der Waals surface area contributed by atoms with Crippen LogP contribution in [-0.4, -0.2) is 26.9 Å². The van der Waals surface area contributed by atoms with E-state index >= 15 is 0 Å². The van der Waals surface area contributed by atoms with Gasteiger partial charge in [0.15, 0.2) is 8.32 Å². The molecule has 1 heterocycles. The average molecular weight is 231 g/mol. The average Bonchev–Trinajstić information content (AvgIpc) is 2.41. The van der Waals surface area contributed by atoms with Gasteiger partial charge in [0.25, 0.3) is 0 Å². The van der Waals surface area contributed by atoms with Crippen LogP contribution in [-0.2, 0) is 9.22 Å². The van der Waals surface area contributed by atoms with Gasteiger partial charge in [0.05, 0.1) is 12.6 Å². The Balaban J connectivity index is 2.55. The van der Waals surface area contributed by atoms with Crippen LogP contribution in [0.5, 0.6) is 0 Å². The minimum Gasteiger partial charge on any atom is -0.415 e. The standard InChI is InChI=1S/C11H23NO2Si/c1-11(2,3)15(4,5)14-8-9-6-7-10(13)12-9/h9H,6-8H2,1-5H3,(H,12,13)/t9-/m0/s1/i6D,7D/t6?,7?,9-. The van der Waals surface area contributed by atoms with Crippen LogP contribution in [0.25, 0.3) is 0 Å². The summed E-state index contributed by atoms with van der Waals surface area (Å²) in [6.07, 6.45) is -1.68. The van der Waals surface area contributed by atoms with E-state index in [1.165, 1.54) is 0 Å². The molecule has 0 aliphatic carbocycles. The Labute approximate surface area is 96.5 Å². The SMILES string of the molecule is [2H]C1C(=O)N[C@H](CO[Si](C)(C)C(C)(C)C)C1[2H]. The van der Waals surface area contributed by atoms with E-state index < -0.39 is 21.1 Å². The normalized spacial score (nSPS) is 34.7. The maximum atomic E-state index is 11.3. The lowest BCUT2D eigenvalue weighted by atomic mass is 10.2. The summed E-state index contributed by atoms with van der Waals surface area (Å²) in [5.41, 5.74) is 0. The first-order chi connectivity index (χ1) is 7.56. The molecule has 1 saturated heterocycles. The smallest absolute Gasteiger partial charge is 0.220 e. The lowest BCUT2D eigenvalue weighted by Crippen LogP contribution is -2.44. The summed E-state index contributed by atoms with van der Waals surface area (Å²) >= 11 is 0. The van der Waals surface area contributed by atoms with Crippen LogP contribution in [0.4, 0.5) is 0 Å². The van der Waals surface area contributed by atoms with Crippen molar-refractivity contribution in [3.63, 3.8) is 0 Å². The number of hydrogen-bond donors (Lipinski definition) is 1. The molecule has 1 N–H and O–H groups in total. The van der Waals surface area contributed by atoms with Crippen molar-refractivity contribution in [3.05, 3.63) is 0 Å². The third-order valence-electron chi connectivity index (χ3n) is 3.24. The molecule has 1 amide bonds. The van der Waals surface area contributed by atoms with E-state index in [0.717, 1.165) is 0 Å². The minimum atomic E-state index is -1.84. The van der Waals surface area contributed by atoms with Gasteiger partial charge in [-0.3, -0.25) is 4.79 Å². The Kier molecular flexibility index (Phi) is 2.79. The summed E-state index contributed by atoms with van der Waals surface area (Å²) < 4.78 is 21.2. The highest BCUT2D eigenvalue weighted by Gasteiger charge is 2.38. The minimum absolute atomic E-state index is 0.119. The monoisotopic (exact) mass is 231 g/mol. The number of amides is 1. The van der Waals surface area contributed by atoms with Crippen LogP contribution in [0.3, 0.4) is 0 Å². The van der Waals surface area contributed by atoms with Crippen molar-refractivity contribution in [1.82, 2.24) is 5.32 Å². The first-order valence-electron chi connectivity index (χ1n) is 6.50. The van der Waals surface area contributed by atoms with E-state index in [2.05, 4.69) is 39.2 Å². The Bertz CT molecular complexity index is 304. The molecular weight excluding hydrogens is 206 g/mol. The second-order valence-corrected chi connectivity index (χ2v) is 10.4. The molecule has 3 atom stereocenters. The van der Waals surface area contributed by atoms with E-state index in [0.29, 0.717) is 6.61 Å². The highest BCUT2D eigenvalue weighted by atomic mass is 28.4. The zero-order valence-electron chi connectivity index (χ0n) is 12.3. The molecule has 0 aromatic rings. The summed E-state index contributed by atoms with van der Waals surface area (Å²) in [7, 11) is -1.84. The number of rotatable bonds is 3. The fraction of sp³-hybridized carbons (Fsp3) is 0.909. The van der Waals surface area contributed by atoms with Crippen LogP contribution in [0.2, 0.25) is 18.1 Å². The molecule has 88 valence electrons. The molecule has 1 fully saturated rings. The van der Waals surface area contributed by atoms with Gasteiger partial charge in [-0.2, -0.15) is 0 Å². The molecule has 15 heavy (non-hydrogen) atoms. The lowest BCUT2D eigenvalue weighted by molar-refractivity contribution is -0.119. The molecule has 1 aliphatic rings. The molecule has 0 radical (unpaired) electrons. The molecule has 4 heteroatoms. The second kappa shape index (κ2) is 4.26. The van der Waals surface area contributed by atoms with Gasteiger partial charge in [-0.1, -0.05) is 20.8 Å². The zero-order valence-corrected chi connectivity index (χ0v) is 11.3. The first-order valence-corrected chi connectivity index (χ1v) is 8.26. The van der Waals surface area contributed by atoms with Crippen LogP contribution >= 0.6 is 0 Å². The topological polar surface area (TPSA) is 38.3 Å². The maximum absolute atomic E-state index is 11.3. The predicted octanol–water partition coefficient (Wildman–Crippen LogP) is 2.29. The van der Waals surface area contributed by atoms with E-state index in [4.69, 9.17) is 7.17 Å². The lowest BCUT2D eigenvalue weighted by Gasteiger charge is -2.36. The Morgan fingerprint density at radius 2 is 2.20 bits per heavy atom. The summed E-state index contributed by atoms with van der Waals surface area (Å²) in [5, 5.41) is 2.78. The number of nitrogens with one attached hydrogen (secondary N) is 1. The van der Waals surface area contributed by atoms with Gasteiger partial charge in [0.2, 0.25) is 5.91 Å². The molecule has 1 aliphatic heterocycles. The zero-order chi connectivity index (χ0) is 13.4. The fourth-order valence-electron chi connectivity index (χ4n) is 1.09. The molecular formula is C11H23NO2Si. The molecule has 2 unspecified atom stereocenters. The predicted molar refractivity (Wildman–Crippen MR) is 64.3 cm³/mol. The summed E-state index contributed by atoms with van der Waals surface area (Å²) in [5.74, 6) is -0.353. The van der Waals surface area contributed by atoms with E-state index in [9.17, 15) is 4.79 Å². The van der Waals surface area contributed by atoms with E-state index in [-0.39, 0.29) is 17.0 Å². The number of hydrogen-bond acceptors (Lipinski definition) is 2. The molecule has 0 aromatic carbocycles. The van der Waals surface area contributed by atoms with Crippen molar-refractivity contribution in [1.29, 1.82) is 0 Å². The Morgan fingerprint density at radius 1 is 1.60 bits per heavy atom. The molecule has 0 saturated carbocycles. The second-order valence-electron chi connectivity index (χ2n) is 5.55. The summed E-state index contributed by atoms with van der Waals surface area (Å²) in [6, 6.07) is -0.334. The van der Waals surface area contributed by atoms with Crippen molar-refractivity contribution < 1.29 is 12.0 Å². The maximum Gasteiger partial charge on any atom is 0.220 e. The third-order valence-corrected chi connectivity index (χ3v) is 7.74. The Morgan fingerprint density at radius 3 is 2.60 bits per heavy atom. The van der Waals surface area contributed by atoms with Crippen LogP contribution in [0, 0.1) is 0 Å². The van der Waals surface area contributed by atoms with Gasteiger partial charge < -0.3 is 9.74 Å². The van der Waals surface area contributed by atoms with E-state index in [1.54, 1.807) is 0 Å². The van der Waals surface area contributed by atoms with Crippen molar-refractivity contribution in [3.8, 4) is 0 Å². The van der Waals surface area contributed by atoms with Gasteiger partial charge >= 0.3 is 0 Å². The molecule has 1 rings (SSSR count). The largest absolute Gasteiger partial charge is 0.415 e. The Hall–Kier alpha value is -0.353. The quantitative estimate of drug-likeness (QED) is 0.757. The van der Waals surface area contributed by atoms with Gasteiger partial charge in [-0.05, 0) is 24.5 Å². The van der Waals surface area contributed by atoms with Crippen molar-refractivity contribution >= 4 is 14.2 Å². The van der Waals surface area contributed by atoms with Crippen LogP contribution < -0.4 is 5.32 Å². The van der Waals surface area contributed by atoms with Gasteiger partial charge in [-0.15, -0.1) is 0 Å². The fourth-order valence-corrected chi connectivity index (χ4v) is 2.12. The van der Waals surface area contributed by atoms with Gasteiger partial charge in [0, 0.05) is 9.14 Å². The van der Waals surface area contributed by atoms with Gasteiger partial charge in [-0.25, -0.2) is 0 Å². The molecule has 3 nitrogen and oxygen atoms in total. The molecule has 0 aromatic heterocycles.